The van der Waals surface area contributed by atoms with E-state index in [2.05, 4.69) is 6.92 Å². The number of benzene rings is 2. The van der Waals surface area contributed by atoms with Crippen LogP contribution in [0.5, 0.6) is 5.75 Å². The van der Waals surface area contributed by atoms with E-state index in [4.69, 9.17) is 4.74 Å². The summed E-state index contributed by atoms with van der Waals surface area (Å²) in [5.41, 5.74) is 4.98. The topological polar surface area (TPSA) is 26.3 Å². The van der Waals surface area contributed by atoms with Gasteiger partial charge in [-0.2, -0.15) is 0 Å². The molecule has 1 unspecified atom stereocenters. The van der Waals surface area contributed by atoms with Gasteiger partial charge in [-0.05, 0) is 61.7 Å². The third-order valence-electron chi connectivity index (χ3n) is 3.93. The largest absolute Gasteiger partial charge is 0.490 e. The van der Waals surface area contributed by atoms with Crippen molar-refractivity contribution >= 4 is 5.78 Å². The maximum absolute atomic E-state index is 12.6. The fourth-order valence-electron chi connectivity index (χ4n) is 2.61. The molecule has 2 aromatic carbocycles. The smallest absolute Gasteiger partial charge is 0.193 e. The normalized spacial score (nSPS) is 16.6. The van der Waals surface area contributed by atoms with Crippen molar-refractivity contribution in [1.82, 2.24) is 0 Å². The van der Waals surface area contributed by atoms with Crippen molar-refractivity contribution in [3.63, 3.8) is 0 Å². The van der Waals surface area contributed by atoms with Crippen molar-refractivity contribution in [1.29, 1.82) is 0 Å². The van der Waals surface area contributed by atoms with Crippen LogP contribution in [0.2, 0.25) is 0 Å². The van der Waals surface area contributed by atoms with E-state index in [1.54, 1.807) is 0 Å². The quantitative estimate of drug-likeness (QED) is 0.772. The molecule has 2 aromatic rings. The highest BCUT2D eigenvalue weighted by Gasteiger charge is 2.20. The molecule has 2 nitrogen and oxygen atoms in total. The van der Waals surface area contributed by atoms with Crippen LogP contribution in [0.15, 0.2) is 36.4 Å². The minimum absolute atomic E-state index is 0.0791. The first-order chi connectivity index (χ1) is 9.54. The molecule has 0 aromatic heterocycles. The maximum Gasteiger partial charge on any atom is 0.193 e. The summed E-state index contributed by atoms with van der Waals surface area (Å²) < 4.78 is 5.67. The van der Waals surface area contributed by atoms with Gasteiger partial charge in [-0.25, -0.2) is 0 Å². The summed E-state index contributed by atoms with van der Waals surface area (Å²) >= 11 is 0. The van der Waals surface area contributed by atoms with E-state index in [0.717, 1.165) is 34.4 Å². The minimum Gasteiger partial charge on any atom is -0.490 e. The van der Waals surface area contributed by atoms with Gasteiger partial charge in [0.1, 0.15) is 11.9 Å². The molecule has 0 amide bonds. The number of ether oxygens (including phenoxy) is 1. The predicted octanol–water partition coefficient (Wildman–Crippen LogP) is 3.86. The molecule has 0 saturated heterocycles. The molecule has 1 heterocycles. The Balaban J connectivity index is 1.95. The lowest BCUT2D eigenvalue weighted by Gasteiger charge is -2.06. The number of hydrogen-bond acceptors (Lipinski definition) is 2. The number of aryl methyl sites for hydroxylation is 2. The van der Waals surface area contributed by atoms with E-state index in [1.807, 2.05) is 50.2 Å². The van der Waals surface area contributed by atoms with Crippen LogP contribution in [0, 0.1) is 13.8 Å². The van der Waals surface area contributed by atoms with Gasteiger partial charge in [-0.1, -0.05) is 12.1 Å². The van der Waals surface area contributed by atoms with E-state index in [1.165, 1.54) is 5.56 Å². The van der Waals surface area contributed by atoms with Gasteiger partial charge in [0.2, 0.25) is 0 Å². The second kappa shape index (κ2) is 4.78. The average Bonchev–Trinajstić information content (AvgIpc) is 2.80. The molecule has 3 rings (SSSR count). The molecule has 0 aliphatic carbocycles. The molecule has 20 heavy (non-hydrogen) atoms. The summed E-state index contributed by atoms with van der Waals surface area (Å²) in [5.74, 6) is 0.990. The zero-order valence-electron chi connectivity index (χ0n) is 12.1. The van der Waals surface area contributed by atoms with Gasteiger partial charge in [-0.15, -0.1) is 0 Å². The average molecular weight is 266 g/mol. The van der Waals surface area contributed by atoms with E-state index in [0.29, 0.717) is 0 Å². The van der Waals surface area contributed by atoms with Crippen LogP contribution in [0.4, 0.5) is 0 Å². The highest BCUT2D eigenvalue weighted by atomic mass is 16.5. The van der Waals surface area contributed by atoms with E-state index < -0.39 is 0 Å². The highest BCUT2D eigenvalue weighted by Crippen LogP contribution is 2.30. The molecule has 0 saturated carbocycles. The molecule has 1 aliphatic rings. The highest BCUT2D eigenvalue weighted by molar-refractivity contribution is 6.09. The lowest BCUT2D eigenvalue weighted by Crippen LogP contribution is -2.05. The van der Waals surface area contributed by atoms with Crippen molar-refractivity contribution in [2.24, 2.45) is 0 Å². The van der Waals surface area contributed by atoms with Gasteiger partial charge in [0, 0.05) is 17.5 Å². The molecule has 0 bridgehead atoms. The Kier molecular flexibility index (Phi) is 3.09. The number of carbonyl (C=O) groups is 1. The molecule has 0 spiro atoms. The number of carbonyl (C=O) groups excluding carboxylic acids is 1. The first kappa shape index (κ1) is 12.9. The predicted molar refractivity (Wildman–Crippen MR) is 79.6 cm³/mol. The van der Waals surface area contributed by atoms with Crippen LogP contribution in [0.3, 0.4) is 0 Å². The Morgan fingerprint density at radius 1 is 1.05 bits per heavy atom. The number of hydrogen-bond donors (Lipinski definition) is 0. The first-order valence-corrected chi connectivity index (χ1v) is 6.96. The Morgan fingerprint density at radius 3 is 2.50 bits per heavy atom. The Hall–Kier alpha value is -2.09. The molecule has 2 heteroatoms. The minimum atomic E-state index is 0.0791. The maximum atomic E-state index is 12.6. The van der Waals surface area contributed by atoms with Crippen molar-refractivity contribution < 1.29 is 9.53 Å². The van der Waals surface area contributed by atoms with Crippen LogP contribution in [-0.4, -0.2) is 11.9 Å². The molecule has 0 N–H and O–H groups in total. The standard InChI is InChI=1S/C18H18O2/c1-11-4-5-14(8-12(11)2)18(19)15-6-7-17-16(10-15)9-13(3)20-17/h4-8,10,13H,9H2,1-3H3. The zero-order valence-corrected chi connectivity index (χ0v) is 12.1. The summed E-state index contributed by atoms with van der Waals surface area (Å²) in [4.78, 5) is 12.6. The SMILES string of the molecule is Cc1ccc(C(=O)c2ccc3c(c2)CC(C)O3)cc1C. The number of rotatable bonds is 2. The van der Waals surface area contributed by atoms with E-state index >= 15 is 0 Å². The third kappa shape index (κ3) is 2.22. The monoisotopic (exact) mass is 266 g/mol. The Bertz CT molecular complexity index is 686. The number of fused-ring (bicyclic) bond motifs is 1. The van der Waals surface area contributed by atoms with Crippen LogP contribution >= 0.6 is 0 Å². The van der Waals surface area contributed by atoms with Gasteiger partial charge in [0.05, 0.1) is 0 Å². The van der Waals surface area contributed by atoms with Crippen molar-refractivity contribution in [2.45, 2.75) is 33.3 Å². The molecule has 0 fully saturated rings. The lowest BCUT2D eigenvalue weighted by molar-refractivity contribution is 0.103. The van der Waals surface area contributed by atoms with Crippen molar-refractivity contribution in [3.8, 4) is 5.75 Å². The first-order valence-electron chi connectivity index (χ1n) is 6.96. The summed E-state index contributed by atoms with van der Waals surface area (Å²) in [6, 6.07) is 11.6. The molecule has 0 radical (unpaired) electrons. The molecule has 1 aliphatic heterocycles. The van der Waals surface area contributed by atoms with Crippen LogP contribution in [0.25, 0.3) is 0 Å². The summed E-state index contributed by atoms with van der Waals surface area (Å²) in [6.45, 7) is 6.13. The van der Waals surface area contributed by atoms with Gasteiger partial charge < -0.3 is 4.74 Å². The second-order valence-corrected chi connectivity index (χ2v) is 5.58. The van der Waals surface area contributed by atoms with Gasteiger partial charge >= 0.3 is 0 Å². The molecule has 102 valence electrons. The van der Waals surface area contributed by atoms with Gasteiger partial charge in [-0.3, -0.25) is 4.79 Å². The fraction of sp³-hybridized carbons (Fsp3) is 0.278. The van der Waals surface area contributed by atoms with Gasteiger partial charge in [0.15, 0.2) is 5.78 Å². The molecular weight excluding hydrogens is 248 g/mol. The second-order valence-electron chi connectivity index (χ2n) is 5.58. The van der Waals surface area contributed by atoms with Crippen molar-refractivity contribution in [2.75, 3.05) is 0 Å². The summed E-state index contributed by atoms with van der Waals surface area (Å²) in [5, 5.41) is 0. The summed E-state index contributed by atoms with van der Waals surface area (Å²) in [6.07, 6.45) is 1.08. The molecular formula is C18H18O2. The Morgan fingerprint density at radius 2 is 1.75 bits per heavy atom. The van der Waals surface area contributed by atoms with Crippen LogP contribution in [0.1, 0.15) is 39.5 Å². The lowest BCUT2D eigenvalue weighted by atomic mass is 9.97. The molecule has 1 atom stereocenters. The fourth-order valence-corrected chi connectivity index (χ4v) is 2.61. The summed E-state index contributed by atoms with van der Waals surface area (Å²) in [7, 11) is 0. The third-order valence-corrected chi connectivity index (χ3v) is 3.93. The van der Waals surface area contributed by atoms with Gasteiger partial charge in [0.25, 0.3) is 0 Å². The van der Waals surface area contributed by atoms with Crippen LogP contribution in [-0.2, 0) is 6.42 Å². The zero-order chi connectivity index (χ0) is 14.3. The number of ketones is 1. The Labute approximate surface area is 119 Å². The van der Waals surface area contributed by atoms with Crippen LogP contribution < -0.4 is 4.74 Å². The van der Waals surface area contributed by atoms with E-state index in [9.17, 15) is 4.79 Å². The van der Waals surface area contributed by atoms with Crippen molar-refractivity contribution in [3.05, 3.63) is 64.2 Å². The van der Waals surface area contributed by atoms with E-state index in [-0.39, 0.29) is 11.9 Å².